The molecule has 0 spiro atoms. The van der Waals surface area contributed by atoms with Gasteiger partial charge in [-0.25, -0.2) is 9.78 Å². The molecule has 0 saturated heterocycles. The van der Waals surface area contributed by atoms with E-state index in [1.165, 1.54) is 18.4 Å². The maximum Gasteiger partial charge on any atom is 0.413 e. The van der Waals surface area contributed by atoms with Gasteiger partial charge in [-0.15, -0.1) is 0 Å². The van der Waals surface area contributed by atoms with Gasteiger partial charge in [0.25, 0.3) is 0 Å². The fraction of sp³-hybridized carbons (Fsp3) is 0.167. The van der Waals surface area contributed by atoms with Gasteiger partial charge in [-0.05, 0) is 5.56 Å². The molecule has 1 amide bonds. The number of hydrogen-bond acceptors (Lipinski definition) is 6. The second kappa shape index (κ2) is 6.72. The van der Waals surface area contributed by atoms with Crippen molar-refractivity contribution in [3.05, 3.63) is 42.1 Å². The summed E-state index contributed by atoms with van der Waals surface area (Å²) in [6.45, 7) is 0.223. The highest BCUT2D eigenvalue weighted by Crippen LogP contribution is 2.22. The van der Waals surface area contributed by atoms with Crippen LogP contribution in [0.4, 0.5) is 14.9 Å². The zero-order valence-electron chi connectivity index (χ0n) is 10.3. The van der Waals surface area contributed by atoms with E-state index < -0.39 is 6.09 Å². The van der Waals surface area contributed by atoms with Gasteiger partial charge in [0.15, 0.2) is 5.13 Å². The molecule has 2 rings (SSSR count). The van der Waals surface area contributed by atoms with Crippen molar-refractivity contribution in [1.29, 1.82) is 0 Å². The van der Waals surface area contributed by atoms with Crippen LogP contribution in [0.2, 0.25) is 0 Å². The van der Waals surface area contributed by atoms with Gasteiger partial charge >= 0.3 is 6.09 Å². The van der Waals surface area contributed by atoms with Crippen LogP contribution in [0.1, 0.15) is 5.56 Å². The van der Waals surface area contributed by atoms with Gasteiger partial charge in [0.2, 0.25) is 0 Å². The molecular weight excluding hydrogens is 266 g/mol. The highest BCUT2D eigenvalue weighted by atomic mass is 32.1. The van der Waals surface area contributed by atoms with Gasteiger partial charge in [-0.1, -0.05) is 41.7 Å². The first kappa shape index (κ1) is 13.3. The van der Waals surface area contributed by atoms with E-state index >= 15 is 0 Å². The number of benzene rings is 1. The molecular formula is C12H13N3O3S. The number of nitrogens with zero attached hydrogens (tertiary/aromatic N) is 1. The summed E-state index contributed by atoms with van der Waals surface area (Å²) >= 11 is 1.25. The number of anilines is 2. The molecule has 0 aliphatic rings. The second-order valence-electron chi connectivity index (χ2n) is 3.52. The van der Waals surface area contributed by atoms with E-state index in [1.807, 2.05) is 30.3 Å². The molecule has 0 fully saturated rings. The largest absolute Gasteiger partial charge is 0.444 e. The van der Waals surface area contributed by atoms with Crippen molar-refractivity contribution in [2.45, 2.75) is 6.61 Å². The number of nitrogens with one attached hydrogen (secondary N) is 2. The molecule has 0 aliphatic heterocycles. The Morgan fingerprint density at radius 3 is 2.89 bits per heavy atom. The van der Waals surface area contributed by atoms with E-state index in [9.17, 15) is 4.79 Å². The third kappa shape index (κ3) is 4.23. The lowest BCUT2D eigenvalue weighted by atomic mass is 10.2. The minimum absolute atomic E-state index is 0.223. The third-order valence-corrected chi connectivity index (χ3v) is 2.94. The molecule has 6 nitrogen and oxygen atoms in total. The molecule has 0 saturated carbocycles. The van der Waals surface area contributed by atoms with E-state index in [2.05, 4.69) is 15.8 Å². The van der Waals surface area contributed by atoms with Crippen molar-refractivity contribution in [2.24, 2.45) is 0 Å². The van der Waals surface area contributed by atoms with Crippen LogP contribution >= 0.6 is 11.3 Å². The Labute approximate surface area is 114 Å². The molecule has 0 radical (unpaired) electrons. The van der Waals surface area contributed by atoms with Crippen molar-refractivity contribution in [3.8, 4) is 0 Å². The zero-order valence-corrected chi connectivity index (χ0v) is 11.1. The minimum Gasteiger partial charge on any atom is -0.444 e. The van der Waals surface area contributed by atoms with Gasteiger partial charge in [0, 0.05) is 0 Å². The van der Waals surface area contributed by atoms with Crippen LogP contribution in [0.25, 0.3) is 0 Å². The topological polar surface area (TPSA) is 72.5 Å². The first-order valence-electron chi connectivity index (χ1n) is 5.50. The van der Waals surface area contributed by atoms with E-state index in [0.717, 1.165) is 5.56 Å². The average Bonchev–Trinajstić information content (AvgIpc) is 2.85. The summed E-state index contributed by atoms with van der Waals surface area (Å²) in [7, 11) is 1.50. The van der Waals surface area contributed by atoms with Gasteiger partial charge in [0.05, 0.1) is 13.3 Å². The van der Waals surface area contributed by atoms with Crippen molar-refractivity contribution in [1.82, 2.24) is 4.98 Å². The first-order chi connectivity index (χ1) is 9.28. The summed E-state index contributed by atoms with van der Waals surface area (Å²) < 4.78 is 5.07. The van der Waals surface area contributed by atoms with Crippen LogP contribution in [-0.4, -0.2) is 18.2 Å². The molecule has 1 aromatic heterocycles. The van der Waals surface area contributed by atoms with Gasteiger partial charge in [-0.2, -0.15) is 0 Å². The highest BCUT2D eigenvalue weighted by molar-refractivity contribution is 7.19. The lowest BCUT2D eigenvalue weighted by Gasteiger charge is -2.04. The van der Waals surface area contributed by atoms with Crippen LogP contribution in [0.15, 0.2) is 36.5 Å². The van der Waals surface area contributed by atoms with Crippen LogP contribution in [0, 0.1) is 0 Å². The summed E-state index contributed by atoms with van der Waals surface area (Å²) in [5.74, 6) is 0. The Morgan fingerprint density at radius 2 is 2.16 bits per heavy atom. The van der Waals surface area contributed by atoms with Gasteiger partial charge in [-0.3, -0.25) is 15.6 Å². The molecule has 7 heteroatoms. The number of rotatable bonds is 5. The maximum atomic E-state index is 11.5. The van der Waals surface area contributed by atoms with Crippen molar-refractivity contribution < 1.29 is 14.4 Å². The summed E-state index contributed by atoms with van der Waals surface area (Å²) in [5.41, 5.74) is 3.55. The van der Waals surface area contributed by atoms with Crippen LogP contribution in [-0.2, 0) is 16.2 Å². The fourth-order valence-electron chi connectivity index (χ4n) is 1.33. The molecule has 0 aliphatic carbocycles. The Kier molecular flexibility index (Phi) is 4.71. The number of amides is 1. The smallest absolute Gasteiger partial charge is 0.413 e. The number of aromatic nitrogens is 1. The fourth-order valence-corrected chi connectivity index (χ4v) is 2.00. The van der Waals surface area contributed by atoms with Crippen molar-refractivity contribution >= 4 is 27.6 Å². The minimum atomic E-state index is -0.540. The van der Waals surface area contributed by atoms with Gasteiger partial charge in [0.1, 0.15) is 11.6 Å². The van der Waals surface area contributed by atoms with Gasteiger partial charge < -0.3 is 4.74 Å². The van der Waals surface area contributed by atoms with Crippen LogP contribution < -0.4 is 10.8 Å². The van der Waals surface area contributed by atoms with Crippen LogP contribution in [0.3, 0.4) is 0 Å². The normalized spacial score (nSPS) is 9.95. The lowest BCUT2D eigenvalue weighted by Crippen LogP contribution is -2.13. The quantitative estimate of drug-likeness (QED) is 0.823. The number of carbonyl (C=O) groups is 1. The van der Waals surface area contributed by atoms with E-state index in [-0.39, 0.29) is 6.61 Å². The number of ether oxygens (including phenoxy) is 1. The summed E-state index contributed by atoms with van der Waals surface area (Å²) in [6, 6.07) is 9.46. The average molecular weight is 279 g/mol. The predicted molar refractivity (Wildman–Crippen MR) is 73.0 cm³/mol. The molecule has 19 heavy (non-hydrogen) atoms. The van der Waals surface area contributed by atoms with Crippen molar-refractivity contribution in [2.75, 3.05) is 17.9 Å². The van der Waals surface area contributed by atoms with E-state index in [4.69, 9.17) is 9.57 Å². The molecule has 2 N–H and O–H groups in total. The molecule has 0 atom stereocenters. The zero-order chi connectivity index (χ0) is 13.5. The van der Waals surface area contributed by atoms with E-state index in [0.29, 0.717) is 10.1 Å². The Balaban J connectivity index is 1.80. The Hall–Kier alpha value is -2.12. The van der Waals surface area contributed by atoms with Crippen LogP contribution in [0.5, 0.6) is 0 Å². The third-order valence-electron chi connectivity index (χ3n) is 2.13. The first-order valence-corrected chi connectivity index (χ1v) is 6.32. The lowest BCUT2D eigenvalue weighted by molar-refractivity contribution is 0.155. The SMILES string of the molecule is CONc1cnc(NC(=O)OCc2ccccc2)s1. The molecule has 100 valence electrons. The predicted octanol–water partition coefficient (Wildman–Crippen LogP) is 2.87. The number of carbonyl (C=O) groups excluding carboxylic acids is 1. The number of thiazole rings is 1. The highest BCUT2D eigenvalue weighted by Gasteiger charge is 2.07. The molecule has 1 aromatic carbocycles. The molecule has 0 unspecified atom stereocenters. The molecule has 1 heterocycles. The summed E-state index contributed by atoms with van der Waals surface area (Å²) in [6.07, 6.45) is 1.02. The summed E-state index contributed by atoms with van der Waals surface area (Å²) in [5, 5.41) is 3.68. The standard InChI is InChI=1S/C12H13N3O3S/c1-17-15-10-7-13-11(19-10)14-12(16)18-8-9-5-3-2-4-6-9/h2-7,15H,8H2,1H3,(H,13,14,16). The maximum absolute atomic E-state index is 11.5. The second-order valence-corrected chi connectivity index (χ2v) is 4.55. The Bertz CT molecular complexity index is 530. The number of hydrogen-bond donors (Lipinski definition) is 2. The summed E-state index contributed by atoms with van der Waals surface area (Å²) in [4.78, 5) is 20.3. The van der Waals surface area contributed by atoms with E-state index in [1.54, 1.807) is 6.20 Å². The monoisotopic (exact) mass is 279 g/mol. The molecule has 0 bridgehead atoms. The van der Waals surface area contributed by atoms with Crippen molar-refractivity contribution in [3.63, 3.8) is 0 Å². The molecule has 2 aromatic rings. The Morgan fingerprint density at radius 1 is 1.37 bits per heavy atom.